The normalized spacial score (nSPS) is 12.8. The monoisotopic (exact) mass is 356 g/mol. The molecule has 0 aromatic heterocycles. The zero-order valence-corrected chi connectivity index (χ0v) is 15.0. The van der Waals surface area contributed by atoms with Crippen molar-refractivity contribution in [2.24, 2.45) is 5.73 Å². The van der Waals surface area contributed by atoms with Crippen molar-refractivity contribution in [3.05, 3.63) is 0 Å². The van der Waals surface area contributed by atoms with Crippen molar-refractivity contribution in [3.63, 3.8) is 0 Å². The smallest absolute Gasteiger partial charge is 0.306 e. The molecule has 9 nitrogen and oxygen atoms in total. The molecular formula is C13H28N2O7S. The lowest BCUT2D eigenvalue weighted by Crippen LogP contribution is -2.45. The van der Waals surface area contributed by atoms with Crippen molar-refractivity contribution in [3.8, 4) is 0 Å². The fourth-order valence-electron chi connectivity index (χ4n) is 1.54. The Bertz CT molecular complexity index is 457. The van der Waals surface area contributed by atoms with Gasteiger partial charge in [-0.1, -0.05) is 6.92 Å². The summed E-state index contributed by atoms with van der Waals surface area (Å²) in [6, 6.07) is 0. The third-order valence-corrected chi connectivity index (χ3v) is 3.03. The van der Waals surface area contributed by atoms with E-state index in [0.717, 1.165) is 0 Å². The molecule has 0 aliphatic carbocycles. The summed E-state index contributed by atoms with van der Waals surface area (Å²) in [7, 11) is 1.94. The van der Waals surface area contributed by atoms with E-state index in [0.29, 0.717) is 23.9 Å². The summed E-state index contributed by atoms with van der Waals surface area (Å²) >= 11 is 0. The number of hydrogen-bond acceptors (Lipinski definition) is 7. The molecule has 1 atom stereocenters. The lowest BCUT2D eigenvalue weighted by atomic mass is 10.2. The van der Waals surface area contributed by atoms with Crippen molar-refractivity contribution in [1.29, 1.82) is 0 Å². The number of carboxylic acids is 1. The standard InChI is InChI=1S/C11H21NO4.C2H7NO3S/c1-5-6-11(15)16-9(7-10(13)14)8-12(2,3)4;3-1-2-7(4,5)6/h9H,5-8H2,1-4H3;1-3H2,(H,4,5,6). The first-order chi connectivity index (χ1) is 10.3. The largest absolute Gasteiger partial charge is 0.550 e. The van der Waals surface area contributed by atoms with Gasteiger partial charge >= 0.3 is 5.97 Å². The molecule has 0 amide bonds. The number of esters is 1. The van der Waals surface area contributed by atoms with E-state index in [1.165, 1.54) is 0 Å². The zero-order chi connectivity index (χ0) is 18.7. The van der Waals surface area contributed by atoms with Crippen LogP contribution in [0.5, 0.6) is 0 Å². The van der Waals surface area contributed by atoms with E-state index in [4.69, 9.17) is 15.0 Å². The third kappa shape index (κ3) is 20.8. The van der Waals surface area contributed by atoms with Gasteiger partial charge in [0.15, 0.2) is 6.10 Å². The molecule has 3 N–H and O–H groups in total. The lowest BCUT2D eigenvalue weighted by molar-refractivity contribution is -0.873. The van der Waals surface area contributed by atoms with E-state index in [-0.39, 0.29) is 24.7 Å². The Balaban J connectivity index is 0. The van der Waals surface area contributed by atoms with E-state index in [2.05, 4.69) is 0 Å². The number of nitrogens with two attached hydrogens (primary N) is 1. The summed E-state index contributed by atoms with van der Waals surface area (Å²) in [5.74, 6) is -1.89. The summed E-state index contributed by atoms with van der Waals surface area (Å²) in [5.41, 5.74) is 4.78. The van der Waals surface area contributed by atoms with Crippen molar-refractivity contribution >= 4 is 22.1 Å². The molecule has 0 aromatic rings. The van der Waals surface area contributed by atoms with Crippen molar-refractivity contribution in [1.82, 2.24) is 0 Å². The Labute approximate surface area is 137 Å². The quantitative estimate of drug-likeness (QED) is 0.284. The minimum absolute atomic E-state index is 0.0289. The number of likely N-dealkylation sites (N-methyl/N-ethyl adjacent to an activating group) is 1. The minimum Gasteiger partial charge on any atom is -0.550 e. The summed E-state index contributed by atoms with van der Waals surface area (Å²) in [4.78, 5) is 21.8. The average Bonchev–Trinajstić information content (AvgIpc) is 2.24. The SMILES string of the molecule is CCCC(=O)OC(CC(=O)[O-])C[N+](C)(C)C.NCCS(=O)(=O)O. The van der Waals surface area contributed by atoms with Crippen LogP contribution in [0.2, 0.25) is 0 Å². The Morgan fingerprint density at radius 3 is 2.09 bits per heavy atom. The van der Waals surface area contributed by atoms with Gasteiger partial charge in [0.1, 0.15) is 6.54 Å². The summed E-state index contributed by atoms with van der Waals surface area (Å²) in [5, 5.41) is 10.5. The van der Waals surface area contributed by atoms with Crippen LogP contribution >= 0.6 is 0 Å². The molecule has 0 rings (SSSR count). The van der Waals surface area contributed by atoms with E-state index < -0.39 is 22.2 Å². The van der Waals surface area contributed by atoms with Gasteiger partial charge in [-0.15, -0.1) is 0 Å². The number of carbonyl (C=O) groups is 2. The Kier molecular flexibility index (Phi) is 11.8. The molecule has 23 heavy (non-hydrogen) atoms. The summed E-state index contributed by atoms with van der Waals surface area (Å²) < 4.78 is 33.0. The first kappa shape index (κ1) is 24.0. The van der Waals surface area contributed by atoms with Crippen molar-refractivity contribution < 1.29 is 36.9 Å². The number of nitrogens with zero attached hydrogens (tertiary/aromatic N) is 1. The van der Waals surface area contributed by atoms with Crippen LogP contribution in [0.3, 0.4) is 0 Å². The molecule has 0 aliphatic heterocycles. The minimum atomic E-state index is -3.80. The van der Waals surface area contributed by atoms with Crippen molar-refractivity contribution in [2.45, 2.75) is 32.3 Å². The maximum Gasteiger partial charge on any atom is 0.306 e. The van der Waals surface area contributed by atoms with Gasteiger partial charge < -0.3 is 24.9 Å². The molecule has 0 saturated heterocycles. The van der Waals surface area contributed by atoms with Gasteiger partial charge in [0.2, 0.25) is 0 Å². The molecular weight excluding hydrogens is 328 g/mol. The predicted molar refractivity (Wildman–Crippen MR) is 82.8 cm³/mol. The average molecular weight is 356 g/mol. The van der Waals surface area contributed by atoms with Gasteiger partial charge in [-0.05, 0) is 6.42 Å². The van der Waals surface area contributed by atoms with Crippen LogP contribution < -0.4 is 10.8 Å². The van der Waals surface area contributed by atoms with E-state index in [9.17, 15) is 23.1 Å². The fraction of sp³-hybridized carbons (Fsp3) is 0.846. The van der Waals surface area contributed by atoms with Crippen LogP contribution in [0.15, 0.2) is 0 Å². The molecule has 0 saturated carbocycles. The molecule has 10 heteroatoms. The van der Waals surface area contributed by atoms with Gasteiger partial charge in [-0.3, -0.25) is 9.35 Å². The first-order valence-electron chi connectivity index (χ1n) is 7.15. The second kappa shape index (κ2) is 11.3. The Morgan fingerprint density at radius 2 is 1.83 bits per heavy atom. The van der Waals surface area contributed by atoms with Crippen LogP contribution in [0.1, 0.15) is 26.2 Å². The predicted octanol–water partition coefficient (Wildman–Crippen LogP) is -1.62. The highest BCUT2D eigenvalue weighted by molar-refractivity contribution is 7.85. The zero-order valence-electron chi connectivity index (χ0n) is 14.1. The molecule has 138 valence electrons. The second-order valence-corrected chi connectivity index (χ2v) is 7.56. The van der Waals surface area contributed by atoms with E-state index in [1.54, 1.807) is 0 Å². The number of quaternary nitrogens is 1. The summed E-state index contributed by atoms with van der Waals surface area (Å²) in [6.45, 7) is 2.30. The highest BCUT2D eigenvalue weighted by Crippen LogP contribution is 2.06. The number of aliphatic carboxylic acids is 1. The van der Waals surface area contributed by atoms with Gasteiger partial charge in [-0.25, -0.2) is 0 Å². The van der Waals surface area contributed by atoms with Crippen molar-refractivity contribution in [2.75, 3.05) is 40.0 Å². The number of rotatable bonds is 9. The second-order valence-electron chi connectivity index (χ2n) is 5.99. The molecule has 0 aliphatic rings. The van der Waals surface area contributed by atoms with Crippen LogP contribution in [-0.2, 0) is 24.4 Å². The highest BCUT2D eigenvalue weighted by atomic mass is 32.2. The van der Waals surface area contributed by atoms with E-state index in [1.807, 2.05) is 28.1 Å². The lowest BCUT2D eigenvalue weighted by Gasteiger charge is -2.29. The molecule has 0 spiro atoms. The number of hydrogen-bond donors (Lipinski definition) is 2. The van der Waals surface area contributed by atoms with Crippen LogP contribution in [0.25, 0.3) is 0 Å². The molecule has 0 radical (unpaired) electrons. The summed E-state index contributed by atoms with van der Waals surface area (Å²) in [6.07, 6.45) is 0.163. The van der Waals surface area contributed by atoms with Gasteiger partial charge in [0.05, 0.1) is 26.9 Å². The van der Waals surface area contributed by atoms with Crippen LogP contribution in [-0.4, -0.2) is 75.5 Å². The topological polar surface area (TPSA) is 147 Å². The van der Waals surface area contributed by atoms with Gasteiger partial charge in [0.25, 0.3) is 10.1 Å². The maximum atomic E-state index is 11.3. The molecule has 0 fully saturated rings. The Morgan fingerprint density at radius 1 is 1.30 bits per heavy atom. The van der Waals surface area contributed by atoms with Gasteiger partial charge in [0, 0.05) is 25.4 Å². The fourth-order valence-corrected chi connectivity index (χ4v) is 1.84. The first-order valence-corrected chi connectivity index (χ1v) is 8.76. The molecule has 1 unspecified atom stereocenters. The number of ether oxygens (including phenoxy) is 1. The highest BCUT2D eigenvalue weighted by Gasteiger charge is 2.21. The number of carbonyl (C=O) groups excluding carboxylic acids is 2. The molecule has 0 bridgehead atoms. The van der Waals surface area contributed by atoms with Gasteiger partial charge in [-0.2, -0.15) is 8.42 Å². The van der Waals surface area contributed by atoms with Crippen LogP contribution in [0, 0.1) is 0 Å². The number of carboxylic acid groups (broad SMARTS) is 1. The van der Waals surface area contributed by atoms with Crippen LogP contribution in [0.4, 0.5) is 0 Å². The molecule has 0 aromatic carbocycles. The third-order valence-electron chi connectivity index (χ3n) is 2.27. The van der Waals surface area contributed by atoms with E-state index >= 15 is 0 Å². The maximum absolute atomic E-state index is 11.3. The Hall–Kier alpha value is -1.23. The molecule has 0 heterocycles.